The summed E-state index contributed by atoms with van der Waals surface area (Å²) < 4.78 is 23.0. The van der Waals surface area contributed by atoms with Gasteiger partial charge >= 0.3 is 11.9 Å². The summed E-state index contributed by atoms with van der Waals surface area (Å²) in [5.74, 6) is -1.63. The summed E-state index contributed by atoms with van der Waals surface area (Å²) in [6.45, 7) is 2.54. The number of carbonyl (C=O) groups is 2. The zero-order valence-electron chi connectivity index (χ0n) is 12.0. The third kappa shape index (κ3) is 3.73. The maximum atomic E-state index is 13.0. The molecule has 0 aliphatic heterocycles. The second-order valence-corrected chi connectivity index (χ2v) is 4.73. The van der Waals surface area contributed by atoms with Crippen LogP contribution in [0.15, 0.2) is 24.3 Å². The molecule has 0 aliphatic rings. The van der Waals surface area contributed by atoms with E-state index in [0.717, 1.165) is 0 Å². The molecule has 1 aromatic rings. The van der Waals surface area contributed by atoms with Crippen LogP contribution in [0, 0.1) is 0 Å². The molecule has 0 aromatic heterocycles. The van der Waals surface area contributed by atoms with Gasteiger partial charge in [0.15, 0.2) is 5.41 Å². The zero-order chi connectivity index (χ0) is 15.9. The molecular formula is C15H18ClFO4. The Morgan fingerprint density at radius 3 is 1.95 bits per heavy atom. The van der Waals surface area contributed by atoms with Gasteiger partial charge in [0.25, 0.3) is 0 Å². The van der Waals surface area contributed by atoms with Crippen LogP contribution in [-0.4, -0.2) is 31.8 Å². The van der Waals surface area contributed by atoms with E-state index < -0.39 is 24.0 Å². The van der Waals surface area contributed by atoms with Gasteiger partial charge in [-0.2, -0.15) is 0 Å². The Kier molecular flexibility index (Phi) is 6.62. The van der Waals surface area contributed by atoms with E-state index in [1.54, 1.807) is 13.8 Å². The van der Waals surface area contributed by atoms with Crippen LogP contribution in [0.1, 0.15) is 25.8 Å². The molecule has 1 aromatic carbocycles. The van der Waals surface area contributed by atoms with Crippen LogP contribution in [0.3, 0.4) is 0 Å². The fourth-order valence-corrected chi connectivity index (χ4v) is 2.18. The van der Waals surface area contributed by atoms with Crippen molar-refractivity contribution in [3.05, 3.63) is 34.9 Å². The fourth-order valence-electron chi connectivity index (χ4n) is 2.05. The molecule has 0 heterocycles. The molecule has 1 rings (SSSR count). The fraction of sp³-hybridized carbons (Fsp3) is 0.467. The monoisotopic (exact) mass is 316 g/mol. The molecule has 0 radical (unpaired) electrons. The van der Waals surface area contributed by atoms with E-state index in [1.165, 1.54) is 24.3 Å². The Labute approximate surface area is 128 Å². The molecule has 0 fully saturated rings. The lowest BCUT2D eigenvalue weighted by molar-refractivity contribution is -0.165. The SMILES string of the molecule is CCOC(=O)C(CCF)(C(=O)OCC)c1ccc(Cl)cc1. The van der Waals surface area contributed by atoms with Gasteiger partial charge in [0.1, 0.15) is 0 Å². The van der Waals surface area contributed by atoms with Crippen LogP contribution in [-0.2, 0) is 24.5 Å². The molecule has 0 saturated heterocycles. The highest BCUT2D eigenvalue weighted by molar-refractivity contribution is 6.30. The lowest BCUT2D eigenvalue weighted by Crippen LogP contribution is -2.46. The minimum Gasteiger partial charge on any atom is -0.465 e. The Hall–Kier alpha value is -1.62. The predicted molar refractivity (Wildman–Crippen MR) is 77.0 cm³/mol. The summed E-state index contributed by atoms with van der Waals surface area (Å²) in [5.41, 5.74) is -1.49. The van der Waals surface area contributed by atoms with Crippen molar-refractivity contribution in [2.24, 2.45) is 0 Å². The van der Waals surface area contributed by atoms with E-state index in [4.69, 9.17) is 21.1 Å². The number of halogens is 2. The number of carbonyl (C=O) groups excluding carboxylic acids is 2. The third-order valence-electron chi connectivity index (χ3n) is 3.05. The average Bonchev–Trinajstić information content (AvgIpc) is 2.46. The van der Waals surface area contributed by atoms with E-state index in [1.807, 2.05) is 0 Å². The smallest absolute Gasteiger partial charge is 0.328 e. The second kappa shape index (κ2) is 7.98. The van der Waals surface area contributed by atoms with Crippen molar-refractivity contribution in [3.8, 4) is 0 Å². The van der Waals surface area contributed by atoms with Crippen LogP contribution in [0.4, 0.5) is 4.39 Å². The molecule has 0 atom stereocenters. The highest BCUT2D eigenvalue weighted by Gasteiger charge is 2.50. The van der Waals surface area contributed by atoms with E-state index in [-0.39, 0.29) is 19.6 Å². The molecule has 21 heavy (non-hydrogen) atoms. The van der Waals surface area contributed by atoms with Crippen LogP contribution >= 0.6 is 11.6 Å². The number of benzene rings is 1. The van der Waals surface area contributed by atoms with Crippen molar-refractivity contribution >= 4 is 23.5 Å². The van der Waals surface area contributed by atoms with Crippen molar-refractivity contribution in [2.75, 3.05) is 19.9 Å². The van der Waals surface area contributed by atoms with E-state index in [2.05, 4.69) is 0 Å². The van der Waals surface area contributed by atoms with Crippen LogP contribution < -0.4 is 0 Å². The first kappa shape index (κ1) is 17.4. The Morgan fingerprint density at radius 2 is 1.57 bits per heavy atom. The first-order valence-corrected chi connectivity index (χ1v) is 7.07. The van der Waals surface area contributed by atoms with Crippen LogP contribution in [0.25, 0.3) is 0 Å². The summed E-state index contributed by atoms with van der Waals surface area (Å²) in [4.78, 5) is 24.7. The lowest BCUT2D eigenvalue weighted by Gasteiger charge is -2.28. The topological polar surface area (TPSA) is 52.6 Å². The number of rotatable bonds is 7. The maximum Gasteiger partial charge on any atom is 0.328 e. The summed E-state index contributed by atoms with van der Waals surface area (Å²) in [6.07, 6.45) is -0.341. The third-order valence-corrected chi connectivity index (χ3v) is 3.31. The molecule has 6 heteroatoms. The molecule has 0 spiro atoms. The van der Waals surface area contributed by atoms with Crippen molar-refractivity contribution in [2.45, 2.75) is 25.7 Å². The molecule has 4 nitrogen and oxygen atoms in total. The first-order chi connectivity index (χ1) is 10.0. The summed E-state index contributed by atoms with van der Waals surface area (Å²) in [6, 6.07) is 6.07. The normalized spacial score (nSPS) is 11.0. The van der Waals surface area contributed by atoms with E-state index in [0.29, 0.717) is 10.6 Å². The van der Waals surface area contributed by atoms with Gasteiger partial charge < -0.3 is 9.47 Å². The number of hydrogen-bond acceptors (Lipinski definition) is 4. The minimum atomic E-state index is -1.80. The van der Waals surface area contributed by atoms with Crippen LogP contribution in [0.5, 0.6) is 0 Å². The maximum absolute atomic E-state index is 13.0. The van der Waals surface area contributed by atoms with Crippen molar-refractivity contribution in [1.82, 2.24) is 0 Å². The van der Waals surface area contributed by atoms with Crippen molar-refractivity contribution in [1.29, 1.82) is 0 Å². The van der Waals surface area contributed by atoms with Gasteiger partial charge in [-0.15, -0.1) is 0 Å². The van der Waals surface area contributed by atoms with E-state index in [9.17, 15) is 14.0 Å². The lowest BCUT2D eigenvalue weighted by atomic mass is 9.77. The molecule has 0 N–H and O–H groups in total. The van der Waals surface area contributed by atoms with Crippen molar-refractivity contribution < 1.29 is 23.5 Å². The largest absolute Gasteiger partial charge is 0.465 e. The second-order valence-electron chi connectivity index (χ2n) is 4.29. The van der Waals surface area contributed by atoms with Crippen LogP contribution in [0.2, 0.25) is 5.02 Å². The van der Waals surface area contributed by atoms with Gasteiger partial charge in [-0.3, -0.25) is 14.0 Å². The van der Waals surface area contributed by atoms with Gasteiger partial charge in [0.2, 0.25) is 0 Å². The van der Waals surface area contributed by atoms with Gasteiger partial charge in [-0.1, -0.05) is 23.7 Å². The highest BCUT2D eigenvalue weighted by atomic mass is 35.5. The molecule has 0 unspecified atom stereocenters. The van der Waals surface area contributed by atoms with E-state index >= 15 is 0 Å². The highest BCUT2D eigenvalue weighted by Crippen LogP contribution is 2.33. The van der Waals surface area contributed by atoms with Gasteiger partial charge in [-0.25, -0.2) is 0 Å². The number of ether oxygens (including phenoxy) is 2. The average molecular weight is 317 g/mol. The number of esters is 2. The summed E-state index contributed by atoms with van der Waals surface area (Å²) in [7, 11) is 0. The molecule has 0 amide bonds. The first-order valence-electron chi connectivity index (χ1n) is 6.69. The Balaban J connectivity index is 3.38. The molecular weight excluding hydrogens is 299 g/mol. The number of hydrogen-bond donors (Lipinski definition) is 0. The summed E-state index contributed by atoms with van der Waals surface area (Å²) >= 11 is 5.81. The van der Waals surface area contributed by atoms with Gasteiger partial charge in [0.05, 0.1) is 19.9 Å². The quantitative estimate of drug-likeness (QED) is 0.573. The predicted octanol–water partition coefficient (Wildman–Crippen LogP) is 3.06. The minimum absolute atomic E-state index is 0.0832. The Bertz CT molecular complexity index is 469. The number of alkyl halides is 1. The van der Waals surface area contributed by atoms with Gasteiger partial charge in [-0.05, 0) is 31.5 Å². The van der Waals surface area contributed by atoms with Crippen molar-refractivity contribution in [3.63, 3.8) is 0 Å². The standard InChI is InChI=1S/C15H18ClFO4/c1-3-20-13(18)15(9-10-17,14(19)21-4-2)11-5-7-12(16)8-6-11/h5-8H,3-4,9-10H2,1-2H3. The Morgan fingerprint density at radius 1 is 1.10 bits per heavy atom. The zero-order valence-corrected chi connectivity index (χ0v) is 12.8. The molecule has 0 aliphatic carbocycles. The van der Waals surface area contributed by atoms with Gasteiger partial charge in [0, 0.05) is 11.4 Å². The molecule has 116 valence electrons. The molecule has 0 saturated carbocycles. The summed E-state index contributed by atoms with van der Waals surface area (Å²) in [5, 5.41) is 0.445. The molecule has 0 bridgehead atoms.